The number of ether oxygens (including phenoxy) is 1. The minimum absolute atomic E-state index is 0.0495. The Morgan fingerprint density at radius 1 is 1.18 bits per heavy atom. The molecule has 1 amide bonds. The number of aromatic nitrogens is 4. The van der Waals surface area contributed by atoms with Crippen molar-refractivity contribution in [3.05, 3.63) is 36.2 Å². The number of nitrogens with one attached hydrogen (secondary N) is 2. The second-order valence-electron chi connectivity index (χ2n) is 7.26. The minimum Gasteiger partial charge on any atom is -0.381 e. The van der Waals surface area contributed by atoms with Crippen molar-refractivity contribution in [1.82, 2.24) is 25.1 Å². The summed E-state index contributed by atoms with van der Waals surface area (Å²) in [7, 11) is 0. The number of hydrogen-bond donors (Lipinski definition) is 2. The van der Waals surface area contributed by atoms with Crippen molar-refractivity contribution in [2.24, 2.45) is 0 Å². The van der Waals surface area contributed by atoms with E-state index in [9.17, 15) is 4.79 Å². The lowest BCUT2D eigenvalue weighted by atomic mass is 10.1. The molecule has 0 aliphatic carbocycles. The summed E-state index contributed by atoms with van der Waals surface area (Å²) < 4.78 is 5.45. The largest absolute Gasteiger partial charge is 0.381 e. The molecule has 0 radical (unpaired) electrons. The van der Waals surface area contributed by atoms with E-state index < -0.39 is 0 Å². The summed E-state index contributed by atoms with van der Waals surface area (Å²) in [6, 6.07) is 5.80. The summed E-state index contributed by atoms with van der Waals surface area (Å²) >= 11 is 0. The number of likely N-dealkylation sites (tertiary alicyclic amines) is 1. The summed E-state index contributed by atoms with van der Waals surface area (Å²) in [6.07, 6.45) is 6.40. The van der Waals surface area contributed by atoms with Crippen LogP contribution in [0.3, 0.4) is 0 Å². The molecule has 5 heterocycles. The summed E-state index contributed by atoms with van der Waals surface area (Å²) in [5, 5.41) is 12.0. The zero-order chi connectivity index (χ0) is 18.9. The van der Waals surface area contributed by atoms with Gasteiger partial charge in [-0.1, -0.05) is 0 Å². The number of aromatic amines is 1. The number of anilines is 1. The van der Waals surface area contributed by atoms with Gasteiger partial charge < -0.3 is 15.0 Å². The third kappa shape index (κ3) is 3.09. The Morgan fingerprint density at radius 2 is 2.00 bits per heavy atom. The number of fused-ring (bicyclic) bond motifs is 1. The van der Waals surface area contributed by atoms with E-state index in [0.717, 1.165) is 62.3 Å². The second kappa shape index (κ2) is 7.20. The maximum Gasteiger partial charge on any atom is 0.253 e. The fourth-order valence-electron chi connectivity index (χ4n) is 3.69. The Labute approximate surface area is 162 Å². The highest BCUT2D eigenvalue weighted by molar-refractivity contribution is 6.01. The number of hydrogen-bond acceptors (Lipinski definition) is 6. The molecule has 2 fully saturated rings. The van der Waals surface area contributed by atoms with Crippen LogP contribution in [0.1, 0.15) is 29.6 Å². The van der Waals surface area contributed by atoms with Crippen molar-refractivity contribution in [3.63, 3.8) is 0 Å². The van der Waals surface area contributed by atoms with Gasteiger partial charge >= 0.3 is 0 Å². The van der Waals surface area contributed by atoms with Gasteiger partial charge in [-0.15, -0.1) is 0 Å². The first-order chi connectivity index (χ1) is 13.8. The molecule has 28 heavy (non-hydrogen) atoms. The molecule has 3 aromatic heterocycles. The first-order valence-electron chi connectivity index (χ1n) is 9.72. The highest BCUT2D eigenvalue weighted by Gasteiger charge is 2.23. The van der Waals surface area contributed by atoms with Gasteiger partial charge in [-0.25, -0.2) is 4.98 Å². The molecule has 2 aliphatic heterocycles. The van der Waals surface area contributed by atoms with Gasteiger partial charge in [-0.3, -0.25) is 14.9 Å². The quantitative estimate of drug-likeness (QED) is 0.724. The van der Waals surface area contributed by atoms with E-state index in [1.807, 2.05) is 17.0 Å². The number of nitrogens with zero attached hydrogens (tertiary/aromatic N) is 4. The summed E-state index contributed by atoms with van der Waals surface area (Å²) in [6.45, 7) is 3.16. The average molecular weight is 378 g/mol. The third-order valence-electron chi connectivity index (χ3n) is 5.43. The average Bonchev–Trinajstić information content (AvgIpc) is 3.13. The molecule has 0 aromatic carbocycles. The zero-order valence-corrected chi connectivity index (χ0v) is 15.5. The van der Waals surface area contributed by atoms with Gasteiger partial charge in [-0.2, -0.15) is 5.10 Å². The van der Waals surface area contributed by atoms with E-state index in [-0.39, 0.29) is 5.91 Å². The van der Waals surface area contributed by atoms with Gasteiger partial charge in [0, 0.05) is 50.3 Å². The first-order valence-corrected chi connectivity index (χ1v) is 9.72. The molecule has 144 valence electrons. The van der Waals surface area contributed by atoms with Crippen LogP contribution in [0, 0.1) is 0 Å². The fourth-order valence-corrected chi connectivity index (χ4v) is 3.69. The van der Waals surface area contributed by atoms with Crippen LogP contribution in [0.25, 0.3) is 22.3 Å². The second-order valence-corrected chi connectivity index (χ2v) is 7.26. The Hall–Kier alpha value is -3.00. The van der Waals surface area contributed by atoms with E-state index in [1.165, 1.54) is 0 Å². The van der Waals surface area contributed by atoms with Crippen LogP contribution < -0.4 is 5.32 Å². The molecular formula is C20H22N6O2. The summed E-state index contributed by atoms with van der Waals surface area (Å²) in [5.74, 6) is 0.836. The van der Waals surface area contributed by atoms with Crippen molar-refractivity contribution in [1.29, 1.82) is 0 Å². The third-order valence-corrected chi connectivity index (χ3v) is 5.43. The molecule has 0 saturated carbocycles. The minimum atomic E-state index is 0.0495. The van der Waals surface area contributed by atoms with Gasteiger partial charge in [0.15, 0.2) is 0 Å². The van der Waals surface area contributed by atoms with Crippen LogP contribution in [0.2, 0.25) is 0 Å². The standard InChI is InChI=1S/C20H22N6O2/c27-20(26-8-1-9-26)13-2-6-21-16(12-13)18-17-15(24-25-18)3-7-22-19(17)23-14-4-10-28-11-5-14/h2-3,6-7,12,14H,1,4-5,8-11H2,(H,22,23)(H,24,25). The lowest BCUT2D eigenvalue weighted by Crippen LogP contribution is -2.42. The van der Waals surface area contributed by atoms with Gasteiger partial charge in [0.05, 0.1) is 16.6 Å². The van der Waals surface area contributed by atoms with Crippen molar-refractivity contribution in [2.75, 3.05) is 31.6 Å². The molecule has 0 atom stereocenters. The van der Waals surface area contributed by atoms with Crippen LogP contribution in [0.4, 0.5) is 5.82 Å². The predicted molar refractivity (Wildman–Crippen MR) is 105 cm³/mol. The monoisotopic (exact) mass is 378 g/mol. The smallest absolute Gasteiger partial charge is 0.253 e. The Morgan fingerprint density at radius 3 is 2.79 bits per heavy atom. The topological polar surface area (TPSA) is 96.0 Å². The van der Waals surface area contributed by atoms with Crippen molar-refractivity contribution >= 4 is 22.6 Å². The molecule has 2 saturated heterocycles. The normalized spacial score (nSPS) is 17.5. The zero-order valence-electron chi connectivity index (χ0n) is 15.5. The molecule has 0 spiro atoms. The summed E-state index contributed by atoms with van der Waals surface area (Å²) in [4.78, 5) is 23.5. The van der Waals surface area contributed by atoms with Crippen molar-refractivity contribution in [2.45, 2.75) is 25.3 Å². The van der Waals surface area contributed by atoms with E-state index >= 15 is 0 Å². The number of rotatable bonds is 4. The van der Waals surface area contributed by atoms with Gasteiger partial charge in [0.25, 0.3) is 5.91 Å². The maximum absolute atomic E-state index is 12.6. The number of pyridine rings is 2. The highest BCUT2D eigenvalue weighted by Crippen LogP contribution is 2.31. The Balaban J connectivity index is 1.51. The Kier molecular flexibility index (Phi) is 4.40. The number of H-pyrrole nitrogens is 1. The van der Waals surface area contributed by atoms with Crippen LogP contribution in [0.15, 0.2) is 30.6 Å². The molecule has 0 unspecified atom stereocenters. The first kappa shape index (κ1) is 17.1. The Bertz CT molecular complexity index is 1010. The fraction of sp³-hybridized carbons (Fsp3) is 0.400. The van der Waals surface area contributed by atoms with Gasteiger partial charge in [-0.05, 0) is 37.5 Å². The SMILES string of the molecule is O=C(c1ccnc(-c2n[nH]c3ccnc(NC4CCOCC4)c23)c1)N1CCC1. The van der Waals surface area contributed by atoms with Crippen molar-refractivity contribution < 1.29 is 9.53 Å². The van der Waals surface area contributed by atoms with E-state index in [0.29, 0.717) is 23.0 Å². The maximum atomic E-state index is 12.6. The van der Waals surface area contributed by atoms with Crippen molar-refractivity contribution in [3.8, 4) is 11.4 Å². The van der Waals surface area contributed by atoms with E-state index in [4.69, 9.17) is 4.74 Å². The molecule has 0 bridgehead atoms. The highest BCUT2D eigenvalue weighted by atomic mass is 16.5. The molecule has 3 aromatic rings. The number of amides is 1. The number of carbonyl (C=O) groups is 1. The predicted octanol–water partition coefficient (Wildman–Crippen LogP) is 2.46. The van der Waals surface area contributed by atoms with Crippen LogP contribution in [0.5, 0.6) is 0 Å². The lowest BCUT2D eigenvalue weighted by Gasteiger charge is -2.30. The van der Waals surface area contributed by atoms with Crippen LogP contribution in [-0.2, 0) is 4.74 Å². The van der Waals surface area contributed by atoms with E-state index in [2.05, 4.69) is 25.5 Å². The van der Waals surface area contributed by atoms with Crippen LogP contribution in [-0.4, -0.2) is 63.3 Å². The molecule has 5 rings (SSSR count). The van der Waals surface area contributed by atoms with Gasteiger partial charge in [0.2, 0.25) is 0 Å². The molecule has 2 aliphatic rings. The lowest BCUT2D eigenvalue weighted by molar-refractivity contribution is 0.0651. The molecule has 2 N–H and O–H groups in total. The van der Waals surface area contributed by atoms with Crippen LogP contribution >= 0.6 is 0 Å². The van der Waals surface area contributed by atoms with Gasteiger partial charge in [0.1, 0.15) is 11.5 Å². The number of carbonyl (C=O) groups excluding carboxylic acids is 1. The van der Waals surface area contributed by atoms with E-state index in [1.54, 1.807) is 18.5 Å². The summed E-state index contributed by atoms with van der Waals surface area (Å²) in [5.41, 5.74) is 2.90. The molecule has 8 heteroatoms. The molecule has 8 nitrogen and oxygen atoms in total. The molecular weight excluding hydrogens is 356 g/mol.